The van der Waals surface area contributed by atoms with E-state index in [9.17, 15) is 33.6 Å². The lowest BCUT2D eigenvalue weighted by molar-refractivity contribution is -0.122. The van der Waals surface area contributed by atoms with E-state index in [1.807, 2.05) is 116 Å². The van der Waals surface area contributed by atoms with Crippen LogP contribution >= 0.6 is 0 Å². The smallest absolute Gasteiger partial charge is 0.419 e. The number of nitrogens with zero attached hydrogens (tertiary/aromatic N) is 12. The van der Waals surface area contributed by atoms with Crippen molar-refractivity contribution in [1.29, 1.82) is 0 Å². The first kappa shape index (κ1) is 95.0. The van der Waals surface area contributed by atoms with Gasteiger partial charge in [-0.2, -0.15) is 0 Å². The number of anilines is 2. The van der Waals surface area contributed by atoms with E-state index in [1.165, 1.54) is 54.6 Å². The van der Waals surface area contributed by atoms with Crippen molar-refractivity contribution in [3.8, 4) is 51.9 Å². The van der Waals surface area contributed by atoms with E-state index in [4.69, 9.17) is 67.3 Å². The maximum absolute atomic E-state index is 14.0. The molecular formula is C97H120N16O16. The average molecular weight is 1770 g/mol. The zero-order chi connectivity index (χ0) is 92.9. The number of para-hydroxylation sites is 1. The molecule has 7 atom stereocenters. The number of nitrogens with one attached hydrogen (secondary N) is 4. The minimum Gasteiger partial charge on any atom is -0.496 e. The van der Waals surface area contributed by atoms with E-state index in [0.717, 1.165) is 67.2 Å². The number of hydrogen-bond acceptors (Lipinski definition) is 19. The highest BCUT2D eigenvalue weighted by Gasteiger charge is 2.43. The van der Waals surface area contributed by atoms with Gasteiger partial charge >= 0.3 is 36.2 Å². The normalized spacial score (nSPS) is 20.4. The summed E-state index contributed by atoms with van der Waals surface area (Å²) >= 11 is 0. The molecule has 10 aromatic rings. The third kappa shape index (κ3) is 21.2. The summed E-state index contributed by atoms with van der Waals surface area (Å²) in [7, 11) is 3.09. The summed E-state index contributed by atoms with van der Waals surface area (Å²) in [5, 5.41) is 12.3. The molecule has 6 aromatic heterocycles. The highest BCUT2D eigenvalue weighted by molar-refractivity contribution is 6.07. The standard InChI is InChI=1S/C39H48N6O7.C30H39N5O4.C28H33N5O5/c1-10-28(50-29-18-16-22(4)20-25(29)7)36(46)41-26-17-19-30(49-9)27(21-26)34-42-35-31(38(47)51-33-23(5)14-13-15-24(33)6)32(40-8)37(45(35)43-34)52-39(48)44(11-2)12-3;1-8-9-13-21-16-19(4)25(20(5)17-21)38-29(36)23-24(31-6)28(35-27(23)32-26(33-35)18(2)3)39-30(37)34(7)22-14-11-10-12-15-22;1-16-6-8-20(9-7-16)24-30-25-21(27(34)37-23-18(3)14-17(2)15-19(23)4)22(29-5)26(33(25)31-24)38-28(35)32-10-12-36-13-11-32/h16-21,23-24,28,33H,10-15H2,1-7,9H3,(H,41,46)(H,42,43);10-12,14-15,18-21,25H,8-9,13,16-17H2,1-5,7H3,(H,32,33);6-9,17-19,23H,10-15H2,1-4H3,(H,30,31). The number of rotatable bonds is 24. The lowest BCUT2D eigenvalue weighted by Gasteiger charge is -2.38. The van der Waals surface area contributed by atoms with Crippen molar-refractivity contribution < 1.29 is 76.2 Å². The van der Waals surface area contributed by atoms with Crippen LogP contribution in [0.5, 0.6) is 29.1 Å². The van der Waals surface area contributed by atoms with Gasteiger partial charge in [0.05, 0.1) is 45.6 Å². The molecule has 0 bridgehead atoms. The lowest BCUT2D eigenvalue weighted by atomic mass is 9.73. The van der Waals surface area contributed by atoms with Crippen LogP contribution in [0.25, 0.3) is 54.3 Å². The van der Waals surface area contributed by atoms with Crippen molar-refractivity contribution in [2.45, 2.75) is 212 Å². The Morgan fingerprint density at radius 1 is 0.581 bits per heavy atom. The van der Waals surface area contributed by atoms with Crippen LogP contribution in [0.15, 0.2) is 91.0 Å². The van der Waals surface area contributed by atoms with Gasteiger partial charge in [0.15, 0.2) is 34.7 Å². The molecule has 3 aliphatic carbocycles. The average Bonchev–Trinajstić information content (AvgIpc) is 1.59. The second kappa shape index (κ2) is 42.2. The number of amides is 4. The van der Waals surface area contributed by atoms with Gasteiger partial charge < -0.3 is 57.7 Å². The van der Waals surface area contributed by atoms with E-state index in [0.29, 0.717) is 97.7 Å². The van der Waals surface area contributed by atoms with Crippen LogP contribution in [0.1, 0.15) is 220 Å². The number of H-pyrrole nitrogens is 3. The summed E-state index contributed by atoms with van der Waals surface area (Å²) in [6.07, 6.45) is 7.23. The highest BCUT2D eigenvalue weighted by Crippen LogP contribution is 2.47. The van der Waals surface area contributed by atoms with Crippen LogP contribution in [0.4, 0.5) is 42.8 Å². The first-order valence-corrected chi connectivity index (χ1v) is 44.9. The van der Waals surface area contributed by atoms with Gasteiger partial charge in [-0.1, -0.05) is 168 Å². The fourth-order valence-corrected chi connectivity index (χ4v) is 18.1. The molecule has 4 aliphatic rings. The second-order valence-corrected chi connectivity index (χ2v) is 35.1. The Morgan fingerprint density at radius 2 is 1.08 bits per heavy atom. The summed E-state index contributed by atoms with van der Waals surface area (Å²) in [5.74, 6) is 1.96. The topological polar surface area (TPSA) is 337 Å². The molecule has 7 heterocycles. The van der Waals surface area contributed by atoms with Gasteiger partial charge in [-0.05, 0) is 169 Å². The van der Waals surface area contributed by atoms with Crippen molar-refractivity contribution in [1.82, 2.24) is 53.6 Å². The number of unbranched alkanes of at least 4 members (excludes halogenated alkanes) is 1. The minimum atomic E-state index is -0.757. The number of ether oxygens (including phenoxy) is 9. The number of carbonyl (C=O) groups excluding carboxylic acids is 7. The Balaban J connectivity index is 0.000000178. The maximum atomic E-state index is 14.0. The van der Waals surface area contributed by atoms with Crippen molar-refractivity contribution >= 4 is 87.5 Å². The summed E-state index contributed by atoms with van der Waals surface area (Å²) in [4.78, 5) is 123. The van der Waals surface area contributed by atoms with Gasteiger partial charge in [-0.25, -0.2) is 71.8 Å². The molecule has 4 aromatic carbocycles. The van der Waals surface area contributed by atoms with E-state index in [2.05, 4.69) is 101 Å². The SMILES string of the molecule is [C-]#[N+]c1c(C(=O)OC2C(C)CC(C)CC2C)c2nc(-c3ccc(C)cc3)[nH]n2c1OC(=O)N1CCOCC1.[C-]#[N+]c1c(C(=O)OC2C(C)CC(CCCC)CC2C)c2nc(C(C)C)[nH]n2c1OC(=O)N(C)c1ccccc1.[C-]#[N+]c1c(C(=O)OC2C(C)CCCC2C)c2nc(-c3cc(NC(=O)C(CC)Oc4ccc(C)cc4C)ccc3OC)[nH]n2c1OC(=O)N(CC)CC. The molecule has 32 heteroatoms. The van der Waals surface area contributed by atoms with Gasteiger partial charge in [0.2, 0.25) is 17.6 Å². The van der Waals surface area contributed by atoms with Crippen molar-refractivity contribution in [3.63, 3.8) is 0 Å². The Bertz CT molecular complexity index is 5790. The van der Waals surface area contributed by atoms with Gasteiger partial charge in [0, 0.05) is 56.1 Å². The van der Waals surface area contributed by atoms with Crippen LogP contribution in [-0.2, 0) is 23.7 Å². The largest absolute Gasteiger partial charge is 0.496 e. The number of benzene rings is 4. The Labute approximate surface area is 752 Å². The van der Waals surface area contributed by atoms with Crippen LogP contribution in [0, 0.1) is 87.8 Å². The molecule has 7 unspecified atom stereocenters. The summed E-state index contributed by atoms with van der Waals surface area (Å²) in [5.41, 5.74) is 5.40. The van der Waals surface area contributed by atoms with Crippen LogP contribution in [0.2, 0.25) is 0 Å². The molecule has 0 spiro atoms. The van der Waals surface area contributed by atoms with Crippen molar-refractivity contribution in [3.05, 3.63) is 164 Å². The van der Waals surface area contributed by atoms with Gasteiger partial charge in [0.25, 0.3) is 23.0 Å². The molecule has 1 saturated heterocycles. The Kier molecular flexibility index (Phi) is 31.1. The van der Waals surface area contributed by atoms with Gasteiger partial charge in [-0.3, -0.25) is 25.0 Å². The third-order valence-corrected chi connectivity index (χ3v) is 25.0. The van der Waals surface area contributed by atoms with Crippen molar-refractivity contribution in [2.75, 3.05) is 63.8 Å². The predicted octanol–water partition coefficient (Wildman–Crippen LogP) is 20.7. The lowest BCUT2D eigenvalue weighted by Crippen LogP contribution is -2.42. The van der Waals surface area contributed by atoms with E-state index < -0.39 is 42.3 Å². The molecule has 129 heavy (non-hydrogen) atoms. The van der Waals surface area contributed by atoms with Crippen LogP contribution < -0.4 is 33.9 Å². The molecular weight excluding hydrogens is 1650 g/mol. The fraction of sp³-hybridized carbons (Fsp3) is 0.495. The van der Waals surface area contributed by atoms with E-state index >= 15 is 0 Å². The molecule has 14 rings (SSSR count). The molecule has 0 radical (unpaired) electrons. The van der Waals surface area contributed by atoms with Crippen LogP contribution in [-0.4, -0.2) is 174 Å². The molecule has 4 fully saturated rings. The molecule has 684 valence electrons. The summed E-state index contributed by atoms with van der Waals surface area (Å²) in [6.45, 7) is 58.5. The molecule has 32 nitrogen and oxygen atoms in total. The molecule has 1 aliphatic heterocycles. The van der Waals surface area contributed by atoms with E-state index in [1.54, 1.807) is 37.4 Å². The quantitative estimate of drug-likeness (QED) is 0.0248. The number of aromatic nitrogens is 9. The minimum absolute atomic E-state index is 0.00240. The third-order valence-electron chi connectivity index (χ3n) is 25.0. The van der Waals surface area contributed by atoms with E-state index in [-0.39, 0.29) is 140 Å². The zero-order valence-corrected chi connectivity index (χ0v) is 77.1. The number of morpholine rings is 1. The maximum Gasteiger partial charge on any atom is 0.419 e. The number of esters is 3. The fourth-order valence-electron chi connectivity index (χ4n) is 18.1. The summed E-state index contributed by atoms with van der Waals surface area (Å²) < 4.78 is 56.7. The first-order chi connectivity index (χ1) is 61.8. The number of aryl methyl sites for hydroxylation is 3. The van der Waals surface area contributed by atoms with Gasteiger partial charge in [-0.15, -0.1) is 0 Å². The zero-order valence-electron chi connectivity index (χ0n) is 77.1. The molecule has 4 N–H and O–H groups in total. The van der Waals surface area contributed by atoms with Crippen LogP contribution in [0.3, 0.4) is 0 Å². The second-order valence-electron chi connectivity index (χ2n) is 35.1. The number of methoxy groups -OCH3 is 1. The Hall–Kier alpha value is -13.2. The summed E-state index contributed by atoms with van der Waals surface area (Å²) in [6, 6.07) is 27.6. The molecule has 3 saturated carbocycles. The number of hydrogen-bond donors (Lipinski definition) is 4. The number of carbonyl (C=O) groups is 7. The first-order valence-electron chi connectivity index (χ1n) is 44.9. The highest BCUT2D eigenvalue weighted by atomic mass is 16.6. The number of fused-ring (bicyclic) bond motifs is 3. The Morgan fingerprint density at radius 3 is 1.60 bits per heavy atom. The monoisotopic (exact) mass is 1760 g/mol. The van der Waals surface area contributed by atoms with Crippen molar-refractivity contribution in [2.24, 2.45) is 47.3 Å². The molecule has 4 amide bonds. The number of aromatic amines is 3. The van der Waals surface area contributed by atoms with Gasteiger partial charge in [0.1, 0.15) is 52.3 Å². The predicted molar refractivity (Wildman–Crippen MR) is 488 cm³/mol.